The minimum atomic E-state index is -4.45. The molecule has 1 rings (SSSR count). The number of nitrogens with two attached hydrogens (primary N) is 1. The van der Waals surface area contributed by atoms with Gasteiger partial charge in [-0.3, -0.25) is 0 Å². The molecule has 0 saturated carbocycles. The van der Waals surface area contributed by atoms with Crippen molar-refractivity contribution in [1.29, 1.82) is 0 Å². The molecule has 0 aliphatic carbocycles. The van der Waals surface area contributed by atoms with Crippen LogP contribution in [0.15, 0.2) is 18.2 Å². The highest BCUT2D eigenvalue weighted by Crippen LogP contribution is 2.32. The summed E-state index contributed by atoms with van der Waals surface area (Å²) in [6.07, 6.45) is -4.45. The SMILES string of the molecule is CC.Cc1cc(C(N)C(F)(F)F)ccc1O. The molecule has 1 aromatic carbocycles. The zero-order valence-electron chi connectivity index (χ0n) is 9.47. The number of aromatic hydroxyl groups is 1. The molecule has 0 saturated heterocycles. The van der Waals surface area contributed by atoms with Gasteiger partial charge < -0.3 is 10.8 Å². The van der Waals surface area contributed by atoms with Crippen molar-refractivity contribution in [3.63, 3.8) is 0 Å². The summed E-state index contributed by atoms with van der Waals surface area (Å²) in [4.78, 5) is 0. The third-order valence-electron chi connectivity index (χ3n) is 1.93. The van der Waals surface area contributed by atoms with Gasteiger partial charge in [-0.15, -0.1) is 0 Å². The summed E-state index contributed by atoms with van der Waals surface area (Å²) in [6, 6.07) is 1.60. The van der Waals surface area contributed by atoms with Crippen molar-refractivity contribution >= 4 is 0 Å². The van der Waals surface area contributed by atoms with Crippen molar-refractivity contribution in [3.8, 4) is 5.75 Å². The van der Waals surface area contributed by atoms with Gasteiger partial charge in [0.25, 0.3) is 0 Å². The third kappa shape index (κ3) is 3.73. The summed E-state index contributed by atoms with van der Waals surface area (Å²) in [6.45, 7) is 5.52. The molecule has 5 heteroatoms. The summed E-state index contributed by atoms with van der Waals surface area (Å²) in [7, 11) is 0. The Morgan fingerprint density at radius 3 is 2.12 bits per heavy atom. The molecular formula is C11H16F3NO. The van der Waals surface area contributed by atoms with Crippen LogP contribution in [0.25, 0.3) is 0 Å². The van der Waals surface area contributed by atoms with Crippen molar-refractivity contribution in [3.05, 3.63) is 29.3 Å². The Balaban J connectivity index is 0.00000106. The minimum absolute atomic E-state index is 0.0388. The van der Waals surface area contributed by atoms with Crippen LogP contribution in [0, 0.1) is 6.92 Å². The van der Waals surface area contributed by atoms with Crippen molar-refractivity contribution in [2.24, 2.45) is 5.73 Å². The average Bonchev–Trinajstić information content (AvgIpc) is 2.23. The topological polar surface area (TPSA) is 46.2 Å². The van der Waals surface area contributed by atoms with E-state index < -0.39 is 12.2 Å². The highest BCUT2D eigenvalue weighted by molar-refractivity contribution is 5.36. The lowest BCUT2D eigenvalue weighted by Gasteiger charge is -2.16. The predicted molar refractivity (Wildman–Crippen MR) is 57.2 cm³/mol. The van der Waals surface area contributed by atoms with Crippen molar-refractivity contribution < 1.29 is 18.3 Å². The van der Waals surface area contributed by atoms with Gasteiger partial charge in [0.05, 0.1) is 0 Å². The number of aryl methyl sites for hydroxylation is 1. The number of halogens is 3. The second-order valence-corrected chi connectivity index (χ2v) is 3.07. The second-order valence-electron chi connectivity index (χ2n) is 3.07. The number of alkyl halides is 3. The van der Waals surface area contributed by atoms with Crippen LogP contribution in [-0.4, -0.2) is 11.3 Å². The molecule has 0 heterocycles. The number of benzene rings is 1. The van der Waals surface area contributed by atoms with E-state index in [2.05, 4.69) is 0 Å². The molecule has 0 bridgehead atoms. The van der Waals surface area contributed by atoms with Gasteiger partial charge in [0.2, 0.25) is 0 Å². The van der Waals surface area contributed by atoms with Gasteiger partial charge >= 0.3 is 6.18 Å². The van der Waals surface area contributed by atoms with E-state index in [4.69, 9.17) is 10.8 Å². The first-order valence-corrected chi connectivity index (χ1v) is 4.94. The number of phenolic OH excluding ortho intramolecular Hbond substituents is 1. The van der Waals surface area contributed by atoms with E-state index in [-0.39, 0.29) is 11.3 Å². The highest BCUT2D eigenvalue weighted by Gasteiger charge is 2.37. The van der Waals surface area contributed by atoms with Gasteiger partial charge in [-0.05, 0) is 24.1 Å². The van der Waals surface area contributed by atoms with E-state index in [1.807, 2.05) is 13.8 Å². The molecule has 0 aromatic heterocycles. The standard InChI is InChI=1S/C9H10F3NO.C2H6/c1-5-4-6(2-3-7(5)14)8(13)9(10,11)12;1-2/h2-4,8,14H,13H2,1H3;1-2H3. The zero-order chi connectivity index (χ0) is 12.9. The van der Waals surface area contributed by atoms with Crippen LogP contribution in [0.4, 0.5) is 13.2 Å². The van der Waals surface area contributed by atoms with E-state index in [1.165, 1.54) is 25.1 Å². The fraction of sp³-hybridized carbons (Fsp3) is 0.455. The van der Waals surface area contributed by atoms with Gasteiger partial charge in [-0.2, -0.15) is 13.2 Å². The largest absolute Gasteiger partial charge is 0.508 e. The van der Waals surface area contributed by atoms with Gasteiger partial charge in [-0.25, -0.2) is 0 Å². The van der Waals surface area contributed by atoms with E-state index in [9.17, 15) is 13.2 Å². The number of phenols is 1. The molecule has 0 fully saturated rings. The maximum atomic E-state index is 12.2. The van der Waals surface area contributed by atoms with Crippen LogP contribution >= 0.6 is 0 Å². The fourth-order valence-corrected chi connectivity index (χ4v) is 1.06. The molecule has 0 radical (unpaired) electrons. The van der Waals surface area contributed by atoms with Crippen molar-refractivity contribution in [1.82, 2.24) is 0 Å². The second kappa shape index (κ2) is 5.75. The van der Waals surface area contributed by atoms with E-state index >= 15 is 0 Å². The highest BCUT2D eigenvalue weighted by atomic mass is 19.4. The molecule has 1 unspecified atom stereocenters. The Kier molecular flexibility index (Phi) is 5.30. The summed E-state index contributed by atoms with van der Waals surface area (Å²) < 4.78 is 36.5. The van der Waals surface area contributed by atoms with E-state index in [1.54, 1.807) is 0 Å². The predicted octanol–water partition coefficient (Wildman–Crippen LogP) is 3.29. The molecule has 0 amide bonds. The smallest absolute Gasteiger partial charge is 0.407 e. The fourth-order valence-electron chi connectivity index (χ4n) is 1.06. The molecule has 92 valence electrons. The molecule has 1 atom stereocenters. The Morgan fingerprint density at radius 1 is 1.25 bits per heavy atom. The maximum Gasteiger partial charge on any atom is 0.407 e. The monoisotopic (exact) mass is 235 g/mol. The van der Waals surface area contributed by atoms with Gasteiger partial charge in [0, 0.05) is 0 Å². The number of hydrogen-bond donors (Lipinski definition) is 2. The molecule has 0 aliphatic heterocycles. The molecule has 0 aliphatic rings. The Labute approximate surface area is 92.9 Å². The summed E-state index contributed by atoms with van der Waals surface area (Å²) in [5, 5.41) is 9.11. The molecular weight excluding hydrogens is 219 g/mol. The summed E-state index contributed by atoms with van der Waals surface area (Å²) in [5.74, 6) is -0.0388. The number of rotatable bonds is 1. The molecule has 0 spiro atoms. The molecule has 3 N–H and O–H groups in total. The first-order chi connectivity index (χ1) is 7.32. The molecule has 1 aromatic rings. The first-order valence-electron chi connectivity index (χ1n) is 4.94. The third-order valence-corrected chi connectivity index (χ3v) is 1.93. The Bertz CT molecular complexity index is 336. The Hall–Kier alpha value is -1.23. The van der Waals surface area contributed by atoms with Crippen LogP contribution in [0.1, 0.15) is 31.0 Å². The van der Waals surface area contributed by atoms with E-state index in [0.717, 1.165) is 0 Å². The van der Waals surface area contributed by atoms with E-state index in [0.29, 0.717) is 5.56 Å². The van der Waals surface area contributed by atoms with Crippen molar-refractivity contribution in [2.45, 2.75) is 33.0 Å². The van der Waals surface area contributed by atoms with Crippen molar-refractivity contribution in [2.75, 3.05) is 0 Å². The molecule has 2 nitrogen and oxygen atoms in total. The van der Waals surface area contributed by atoms with Gasteiger partial charge in [0.15, 0.2) is 0 Å². The first kappa shape index (κ1) is 14.8. The van der Waals surface area contributed by atoms with Gasteiger partial charge in [-0.1, -0.05) is 26.0 Å². The summed E-state index contributed by atoms with van der Waals surface area (Å²) in [5.41, 5.74) is 5.31. The lowest BCUT2D eigenvalue weighted by Crippen LogP contribution is -2.28. The Morgan fingerprint density at radius 2 is 1.75 bits per heavy atom. The zero-order valence-corrected chi connectivity index (χ0v) is 9.47. The lowest BCUT2D eigenvalue weighted by molar-refractivity contribution is -0.149. The number of hydrogen-bond acceptors (Lipinski definition) is 2. The van der Waals surface area contributed by atoms with Crippen LogP contribution in [-0.2, 0) is 0 Å². The maximum absolute atomic E-state index is 12.2. The quantitative estimate of drug-likeness (QED) is 0.784. The summed E-state index contributed by atoms with van der Waals surface area (Å²) >= 11 is 0. The van der Waals surface area contributed by atoms with Crippen LogP contribution in [0.2, 0.25) is 0 Å². The lowest BCUT2D eigenvalue weighted by atomic mass is 10.0. The van der Waals surface area contributed by atoms with Crippen LogP contribution in [0.5, 0.6) is 5.75 Å². The van der Waals surface area contributed by atoms with Crippen LogP contribution < -0.4 is 5.73 Å². The van der Waals surface area contributed by atoms with Gasteiger partial charge in [0.1, 0.15) is 11.8 Å². The minimum Gasteiger partial charge on any atom is -0.508 e. The van der Waals surface area contributed by atoms with Crippen LogP contribution in [0.3, 0.4) is 0 Å². The molecule has 16 heavy (non-hydrogen) atoms. The normalized spacial score (nSPS) is 12.7. The average molecular weight is 235 g/mol.